The van der Waals surface area contributed by atoms with E-state index in [1.165, 1.54) is 6.42 Å². The number of hydrogen-bond donors (Lipinski definition) is 2. The molecule has 0 spiro atoms. The summed E-state index contributed by atoms with van der Waals surface area (Å²) in [5.74, 6) is 0.606. The first-order chi connectivity index (χ1) is 7.16. The molecule has 2 N–H and O–H groups in total. The topological polar surface area (TPSA) is 49.7 Å². The second-order valence-corrected chi connectivity index (χ2v) is 4.09. The smallest absolute Gasteiger partial charge is 0.491 e. The summed E-state index contributed by atoms with van der Waals surface area (Å²) in [5.41, 5.74) is 1.52. The van der Waals surface area contributed by atoms with Gasteiger partial charge in [-0.15, -0.1) is 0 Å². The Hall–Kier alpha value is -0.995. The van der Waals surface area contributed by atoms with Crippen LogP contribution in [0.1, 0.15) is 24.8 Å². The van der Waals surface area contributed by atoms with Gasteiger partial charge >= 0.3 is 7.12 Å². The maximum absolute atomic E-state index is 9.17. The summed E-state index contributed by atoms with van der Waals surface area (Å²) >= 11 is 0. The molecule has 1 aromatic rings. The molecule has 1 fully saturated rings. The third-order valence-electron chi connectivity index (χ3n) is 2.79. The molecule has 0 aliphatic heterocycles. The van der Waals surface area contributed by atoms with Crippen LogP contribution in [0.3, 0.4) is 0 Å². The molecule has 1 aliphatic carbocycles. The molecule has 15 heavy (non-hydrogen) atoms. The Morgan fingerprint density at radius 1 is 1.33 bits per heavy atom. The Kier molecular flexibility index (Phi) is 2.98. The van der Waals surface area contributed by atoms with Crippen LogP contribution in [0.25, 0.3) is 0 Å². The first kappa shape index (κ1) is 10.5. The lowest BCUT2D eigenvalue weighted by molar-refractivity contribution is 0.121. The number of hydrogen-bond acceptors (Lipinski definition) is 3. The Labute approximate surface area is 89.8 Å². The van der Waals surface area contributed by atoms with Gasteiger partial charge < -0.3 is 14.8 Å². The molecule has 0 bridgehead atoms. The van der Waals surface area contributed by atoms with Crippen molar-refractivity contribution in [1.82, 2.24) is 0 Å². The van der Waals surface area contributed by atoms with Gasteiger partial charge in [-0.25, -0.2) is 0 Å². The van der Waals surface area contributed by atoms with Crippen molar-refractivity contribution in [2.45, 2.75) is 32.3 Å². The minimum absolute atomic E-state index is 0.254. The molecule has 1 aliphatic rings. The van der Waals surface area contributed by atoms with Crippen LogP contribution in [0.2, 0.25) is 0 Å². The molecule has 2 rings (SSSR count). The zero-order chi connectivity index (χ0) is 10.8. The average molecular weight is 206 g/mol. The van der Waals surface area contributed by atoms with Crippen molar-refractivity contribution in [3.63, 3.8) is 0 Å². The van der Waals surface area contributed by atoms with Crippen molar-refractivity contribution in [2.75, 3.05) is 0 Å². The van der Waals surface area contributed by atoms with Gasteiger partial charge in [0.05, 0.1) is 6.10 Å². The third-order valence-corrected chi connectivity index (χ3v) is 2.79. The molecule has 1 aromatic carbocycles. The Morgan fingerprint density at radius 3 is 2.60 bits per heavy atom. The SMILES string of the molecule is Cc1ccc(B(O)O)c(OC2CCC2)c1. The second-order valence-electron chi connectivity index (χ2n) is 4.09. The quantitative estimate of drug-likeness (QED) is 0.712. The Morgan fingerprint density at radius 2 is 2.07 bits per heavy atom. The summed E-state index contributed by atoms with van der Waals surface area (Å²) in [6, 6.07) is 5.41. The van der Waals surface area contributed by atoms with Crippen molar-refractivity contribution in [3.05, 3.63) is 23.8 Å². The molecule has 0 radical (unpaired) electrons. The number of rotatable bonds is 3. The van der Waals surface area contributed by atoms with Gasteiger partial charge in [-0.05, 0) is 37.8 Å². The van der Waals surface area contributed by atoms with Gasteiger partial charge in [0, 0.05) is 5.46 Å². The van der Waals surface area contributed by atoms with Crippen LogP contribution in [0.15, 0.2) is 18.2 Å². The maximum atomic E-state index is 9.17. The van der Waals surface area contributed by atoms with Crippen molar-refractivity contribution in [3.8, 4) is 5.75 Å². The summed E-state index contributed by atoms with van der Waals surface area (Å²) in [6.07, 6.45) is 3.58. The van der Waals surface area contributed by atoms with Gasteiger partial charge in [0.25, 0.3) is 0 Å². The van der Waals surface area contributed by atoms with E-state index in [1.807, 2.05) is 19.1 Å². The lowest BCUT2D eigenvalue weighted by Gasteiger charge is -2.27. The second kappa shape index (κ2) is 4.25. The van der Waals surface area contributed by atoms with E-state index in [2.05, 4.69) is 0 Å². The molecule has 0 saturated heterocycles. The van der Waals surface area contributed by atoms with E-state index in [-0.39, 0.29) is 6.10 Å². The van der Waals surface area contributed by atoms with Gasteiger partial charge in [0.2, 0.25) is 0 Å². The summed E-state index contributed by atoms with van der Waals surface area (Å²) in [4.78, 5) is 0. The molecular formula is C11H15BO3. The van der Waals surface area contributed by atoms with Crippen LogP contribution < -0.4 is 10.2 Å². The molecule has 0 unspecified atom stereocenters. The van der Waals surface area contributed by atoms with Gasteiger partial charge in [-0.2, -0.15) is 0 Å². The Balaban J connectivity index is 2.21. The van der Waals surface area contributed by atoms with E-state index in [1.54, 1.807) is 6.07 Å². The van der Waals surface area contributed by atoms with E-state index in [4.69, 9.17) is 4.74 Å². The average Bonchev–Trinajstić information content (AvgIpc) is 2.11. The van der Waals surface area contributed by atoms with Crippen LogP contribution >= 0.6 is 0 Å². The lowest BCUT2D eigenvalue weighted by atomic mass is 9.79. The minimum Gasteiger partial charge on any atom is -0.491 e. The maximum Gasteiger partial charge on any atom is 0.492 e. The van der Waals surface area contributed by atoms with Gasteiger partial charge in [0.1, 0.15) is 5.75 Å². The monoisotopic (exact) mass is 206 g/mol. The minimum atomic E-state index is -1.46. The van der Waals surface area contributed by atoms with Crippen LogP contribution in [-0.4, -0.2) is 23.3 Å². The van der Waals surface area contributed by atoms with E-state index < -0.39 is 7.12 Å². The van der Waals surface area contributed by atoms with E-state index in [0.717, 1.165) is 18.4 Å². The predicted octanol–water partition coefficient (Wildman–Crippen LogP) is 0.606. The van der Waals surface area contributed by atoms with Crippen LogP contribution in [0, 0.1) is 6.92 Å². The molecule has 4 heteroatoms. The fourth-order valence-corrected chi connectivity index (χ4v) is 1.63. The molecule has 0 heterocycles. The largest absolute Gasteiger partial charge is 0.492 e. The molecule has 1 saturated carbocycles. The Bertz CT molecular complexity index is 348. The molecule has 3 nitrogen and oxygen atoms in total. The van der Waals surface area contributed by atoms with Crippen molar-refractivity contribution in [1.29, 1.82) is 0 Å². The first-order valence-electron chi connectivity index (χ1n) is 5.30. The third kappa shape index (κ3) is 2.33. The molecule has 0 atom stereocenters. The summed E-state index contributed by atoms with van der Waals surface area (Å²) in [6.45, 7) is 1.96. The van der Waals surface area contributed by atoms with E-state index >= 15 is 0 Å². The zero-order valence-corrected chi connectivity index (χ0v) is 8.81. The van der Waals surface area contributed by atoms with Crippen LogP contribution in [-0.2, 0) is 0 Å². The van der Waals surface area contributed by atoms with Crippen molar-refractivity contribution in [2.24, 2.45) is 0 Å². The first-order valence-corrected chi connectivity index (χ1v) is 5.30. The van der Waals surface area contributed by atoms with Gasteiger partial charge in [-0.3, -0.25) is 0 Å². The zero-order valence-electron chi connectivity index (χ0n) is 8.81. The molecule has 0 amide bonds. The summed E-state index contributed by atoms with van der Waals surface area (Å²) < 4.78 is 5.70. The number of aryl methyl sites for hydroxylation is 1. The lowest BCUT2D eigenvalue weighted by Crippen LogP contribution is -2.34. The van der Waals surface area contributed by atoms with Gasteiger partial charge in [-0.1, -0.05) is 12.1 Å². The molecule has 80 valence electrons. The predicted molar refractivity (Wildman–Crippen MR) is 59.3 cm³/mol. The normalized spacial score (nSPS) is 15.9. The highest BCUT2D eigenvalue weighted by atomic mass is 16.5. The van der Waals surface area contributed by atoms with E-state index in [9.17, 15) is 10.0 Å². The molecular weight excluding hydrogens is 191 g/mol. The summed E-state index contributed by atoms with van der Waals surface area (Å²) in [7, 11) is -1.46. The highest BCUT2D eigenvalue weighted by Crippen LogP contribution is 2.24. The van der Waals surface area contributed by atoms with Crippen LogP contribution in [0.4, 0.5) is 0 Å². The standard InChI is InChI=1S/C11H15BO3/c1-8-5-6-10(12(13)14)11(7-8)15-9-3-2-4-9/h5-7,9,13-14H,2-4H2,1H3. The van der Waals surface area contributed by atoms with Gasteiger partial charge in [0.15, 0.2) is 0 Å². The van der Waals surface area contributed by atoms with Crippen LogP contribution in [0.5, 0.6) is 5.75 Å². The highest BCUT2D eigenvalue weighted by molar-refractivity contribution is 6.59. The number of ether oxygens (including phenoxy) is 1. The van der Waals surface area contributed by atoms with Crippen molar-refractivity contribution < 1.29 is 14.8 Å². The highest BCUT2D eigenvalue weighted by Gasteiger charge is 2.23. The molecule has 0 aromatic heterocycles. The number of benzene rings is 1. The fraction of sp³-hybridized carbons (Fsp3) is 0.455. The fourth-order valence-electron chi connectivity index (χ4n) is 1.63. The summed E-state index contributed by atoms with van der Waals surface area (Å²) in [5, 5.41) is 18.3. The van der Waals surface area contributed by atoms with Crippen molar-refractivity contribution >= 4 is 12.6 Å². The van der Waals surface area contributed by atoms with E-state index in [0.29, 0.717) is 11.2 Å².